The summed E-state index contributed by atoms with van der Waals surface area (Å²) in [7, 11) is 0. The Morgan fingerprint density at radius 3 is 2.66 bits per heavy atom. The zero-order chi connectivity index (χ0) is 21.0. The molecule has 8 heteroatoms. The van der Waals surface area contributed by atoms with Crippen LogP contribution >= 0.6 is 11.6 Å². The molecular weight excluding hydrogens is 394 g/mol. The molecule has 0 unspecified atom stereocenters. The van der Waals surface area contributed by atoms with Gasteiger partial charge in [-0.25, -0.2) is 4.98 Å². The Labute approximate surface area is 174 Å². The lowest BCUT2D eigenvalue weighted by atomic mass is 10.1. The van der Waals surface area contributed by atoms with Crippen molar-refractivity contribution < 1.29 is 14.6 Å². The average molecular weight is 420 g/mol. The predicted octanol–water partition coefficient (Wildman–Crippen LogP) is 2.38. The molecule has 1 aliphatic rings. The van der Waals surface area contributed by atoms with Crippen molar-refractivity contribution in [3.05, 3.63) is 51.5 Å². The fourth-order valence-electron chi connectivity index (χ4n) is 2.72. The van der Waals surface area contributed by atoms with E-state index in [1.54, 1.807) is 38.1 Å². The maximum atomic E-state index is 12.8. The number of halogens is 1. The average Bonchev–Trinajstić information content (AvgIpc) is 3.47. The van der Waals surface area contributed by atoms with E-state index in [1.165, 1.54) is 10.6 Å². The zero-order valence-electron chi connectivity index (χ0n) is 16.7. The van der Waals surface area contributed by atoms with Gasteiger partial charge < -0.3 is 15.2 Å². The van der Waals surface area contributed by atoms with Crippen LogP contribution in [0, 0.1) is 5.92 Å². The molecule has 0 spiro atoms. The number of hydrogen-bond acceptors (Lipinski definition) is 5. The molecule has 1 heterocycles. The van der Waals surface area contributed by atoms with Gasteiger partial charge in [0, 0.05) is 29.8 Å². The third kappa shape index (κ3) is 6.66. The third-order valence-corrected chi connectivity index (χ3v) is 4.78. The van der Waals surface area contributed by atoms with Gasteiger partial charge in [0.2, 0.25) is 5.91 Å². The zero-order valence-corrected chi connectivity index (χ0v) is 17.4. The van der Waals surface area contributed by atoms with Crippen LogP contribution in [0.5, 0.6) is 0 Å². The highest BCUT2D eigenvalue weighted by atomic mass is 35.5. The minimum absolute atomic E-state index is 0.0877. The quantitative estimate of drug-likeness (QED) is 0.650. The fraction of sp³-hybridized carbons (Fsp3) is 0.476. The van der Waals surface area contributed by atoms with Gasteiger partial charge in [0.1, 0.15) is 19.0 Å². The van der Waals surface area contributed by atoms with Gasteiger partial charge in [0.15, 0.2) is 0 Å². The second-order valence-electron chi connectivity index (χ2n) is 8.04. The summed E-state index contributed by atoms with van der Waals surface area (Å²) in [5, 5.41) is 13.0. The molecule has 1 saturated carbocycles. The Morgan fingerprint density at radius 1 is 1.34 bits per heavy atom. The van der Waals surface area contributed by atoms with Crippen LogP contribution in [-0.2, 0) is 22.7 Å². The van der Waals surface area contributed by atoms with Crippen LogP contribution in [0.25, 0.3) is 11.3 Å². The Hall–Kier alpha value is -2.22. The lowest BCUT2D eigenvalue weighted by Gasteiger charge is -2.18. The highest BCUT2D eigenvalue weighted by Crippen LogP contribution is 2.29. The summed E-state index contributed by atoms with van der Waals surface area (Å²) in [5.74, 6) is 0.588. The van der Waals surface area contributed by atoms with Gasteiger partial charge >= 0.3 is 0 Å². The van der Waals surface area contributed by atoms with Crippen LogP contribution in [0.3, 0.4) is 0 Å². The number of aliphatic hydroxyl groups is 1. The van der Waals surface area contributed by atoms with E-state index in [9.17, 15) is 14.7 Å². The summed E-state index contributed by atoms with van der Waals surface area (Å²) < 4.78 is 7.04. The van der Waals surface area contributed by atoms with E-state index in [4.69, 9.17) is 16.3 Å². The summed E-state index contributed by atoms with van der Waals surface area (Å²) >= 11 is 5.94. The molecule has 1 aromatic carbocycles. The largest absolute Gasteiger partial charge is 0.389 e. The van der Waals surface area contributed by atoms with Gasteiger partial charge in [-0.05, 0) is 44.7 Å². The van der Waals surface area contributed by atoms with Crippen LogP contribution in [0.15, 0.2) is 35.1 Å². The summed E-state index contributed by atoms with van der Waals surface area (Å²) in [6.07, 6.45) is 2.31. The van der Waals surface area contributed by atoms with Gasteiger partial charge in [-0.3, -0.25) is 14.2 Å². The van der Waals surface area contributed by atoms with Crippen LogP contribution in [0.2, 0.25) is 5.02 Å². The standard InChI is InChI=1S/C21H26ClN3O4/c1-21(2,28)13-23-19(26)10-25-18(12-29-11-14-3-4-14)24-17(9-20(25)27)15-5-7-16(22)8-6-15/h5-9,14,28H,3-4,10-13H2,1-2H3,(H,23,26). The summed E-state index contributed by atoms with van der Waals surface area (Å²) in [5.41, 5.74) is -0.111. The highest BCUT2D eigenvalue weighted by molar-refractivity contribution is 6.30. The lowest BCUT2D eigenvalue weighted by Crippen LogP contribution is -2.41. The fourth-order valence-corrected chi connectivity index (χ4v) is 2.84. The molecule has 0 aliphatic heterocycles. The van der Waals surface area contributed by atoms with Crippen LogP contribution in [0.4, 0.5) is 0 Å². The summed E-state index contributed by atoms with van der Waals surface area (Å²) in [6.45, 7) is 3.85. The van der Waals surface area contributed by atoms with Crippen molar-refractivity contribution in [2.75, 3.05) is 13.2 Å². The molecule has 1 fully saturated rings. The molecule has 1 amide bonds. The number of amides is 1. The number of carbonyl (C=O) groups excluding carboxylic acids is 1. The molecule has 0 atom stereocenters. The second-order valence-corrected chi connectivity index (χ2v) is 8.47. The van der Waals surface area contributed by atoms with Crippen molar-refractivity contribution in [2.24, 2.45) is 5.92 Å². The number of carbonyl (C=O) groups is 1. The van der Waals surface area contributed by atoms with E-state index in [0.29, 0.717) is 29.1 Å². The van der Waals surface area contributed by atoms with E-state index in [-0.39, 0.29) is 31.2 Å². The van der Waals surface area contributed by atoms with Gasteiger partial charge in [-0.15, -0.1) is 0 Å². The van der Waals surface area contributed by atoms with E-state index in [1.807, 2.05) is 0 Å². The molecule has 1 aliphatic carbocycles. The first-order valence-electron chi connectivity index (χ1n) is 9.65. The summed E-state index contributed by atoms with van der Waals surface area (Å²) in [6, 6.07) is 8.45. The molecule has 156 valence electrons. The van der Waals surface area contributed by atoms with Crippen LogP contribution in [-0.4, -0.2) is 39.3 Å². The Morgan fingerprint density at radius 2 is 2.03 bits per heavy atom. The van der Waals surface area contributed by atoms with Crippen molar-refractivity contribution in [2.45, 2.75) is 45.4 Å². The molecule has 0 saturated heterocycles. The van der Waals surface area contributed by atoms with Crippen molar-refractivity contribution >= 4 is 17.5 Å². The summed E-state index contributed by atoms with van der Waals surface area (Å²) in [4.78, 5) is 29.6. The van der Waals surface area contributed by atoms with E-state index >= 15 is 0 Å². The highest BCUT2D eigenvalue weighted by Gasteiger charge is 2.22. The maximum absolute atomic E-state index is 12.8. The third-order valence-electron chi connectivity index (χ3n) is 4.53. The van der Waals surface area contributed by atoms with Crippen LogP contribution in [0.1, 0.15) is 32.5 Å². The molecule has 7 nitrogen and oxygen atoms in total. The predicted molar refractivity (Wildman–Crippen MR) is 111 cm³/mol. The first-order chi connectivity index (χ1) is 13.7. The van der Waals surface area contributed by atoms with Crippen molar-refractivity contribution in [3.8, 4) is 11.3 Å². The topological polar surface area (TPSA) is 93.4 Å². The molecule has 0 radical (unpaired) electrons. The van der Waals surface area contributed by atoms with Gasteiger partial charge in [0.05, 0.1) is 11.3 Å². The van der Waals surface area contributed by atoms with E-state index < -0.39 is 5.60 Å². The molecule has 29 heavy (non-hydrogen) atoms. The molecule has 0 bridgehead atoms. The monoisotopic (exact) mass is 419 g/mol. The van der Waals surface area contributed by atoms with Gasteiger partial charge in [-0.2, -0.15) is 0 Å². The minimum Gasteiger partial charge on any atom is -0.389 e. The molecule has 2 aromatic rings. The van der Waals surface area contributed by atoms with Gasteiger partial charge in [0.25, 0.3) is 5.56 Å². The minimum atomic E-state index is -1.03. The van der Waals surface area contributed by atoms with Crippen LogP contribution < -0.4 is 10.9 Å². The number of hydrogen-bond donors (Lipinski definition) is 2. The number of nitrogens with one attached hydrogen (secondary N) is 1. The molecule has 3 rings (SSSR count). The number of benzene rings is 1. The smallest absolute Gasteiger partial charge is 0.254 e. The van der Waals surface area contributed by atoms with Gasteiger partial charge in [-0.1, -0.05) is 23.7 Å². The lowest BCUT2D eigenvalue weighted by molar-refractivity contribution is -0.122. The first kappa shape index (κ1) is 21.5. The van der Waals surface area contributed by atoms with E-state index in [0.717, 1.165) is 18.4 Å². The van der Waals surface area contributed by atoms with Crippen molar-refractivity contribution in [3.63, 3.8) is 0 Å². The maximum Gasteiger partial charge on any atom is 0.254 e. The van der Waals surface area contributed by atoms with E-state index in [2.05, 4.69) is 10.3 Å². The SMILES string of the molecule is CC(C)(O)CNC(=O)Cn1c(COCC2CC2)nc(-c2ccc(Cl)cc2)cc1=O. The van der Waals surface area contributed by atoms with Crippen molar-refractivity contribution in [1.29, 1.82) is 0 Å². The second kappa shape index (κ2) is 9.07. The Balaban J connectivity index is 1.83. The molecular formula is C21H26ClN3O4. The number of ether oxygens (including phenoxy) is 1. The first-order valence-corrected chi connectivity index (χ1v) is 10.0. The van der Waals surface area contributed by atoms with Crippen molar-refractivity contribution in [1.82, 2.24) is 14.9 Å². The normalized spacial score (nSPS) is 14.1. The Bertz CT molecular complexity index is 915. The number of aromatic nitrogens is 2. The molecule has 2 N–H and O–H groups in total. The number of nitrogens with zero attached hydrogens (tertiary/aromatic N) is 2. The molecule has 1 aromatic heterocycles. The Kier molecular flexibility index (Phi) is 6.72. The number of rotatable bonds is 9.